The Kier molecular flexibility index (Phi) is 11.4. The standard InChI is InChI=1S/C8H18.C2H6.H2/c1-7(2)5-6-8(3)4;1-2;/h7-8H,5-6H2,1-4H3;1-2H3;1H/i;;1+2. The summed E-state index contributed by atoms with van der Waals surface area (Å²) in [6, 6.07) is 0. The van der Waals surface area contributed by atoms with E-state index in [1.165, 1.54) is 12.8 Å². The van der Waals surface area contributed by atoms with Gasteiger partial charge in [0.25, 0.3) is 0 Å². The minimum Gasteiger partial charge on any atom is -0.0683 e. The molecule has 0 atom stereocenters. The van der Waals surface area contributed by atoms with Crippen molar-refractivity contribution < 1.29 is 1.43 Å². The maximum atomic E-state index is 2.28. The zero-order valence-corrected chi connectivity index (χ0v) is 8.57. The summed E-state index contributed by atoms with van der Waals surface area (Å²) in [4.78, 5) is 0. The molecule has 0 aliphatic carbocycles. The minimum atomic E-state index is 0. The third-order valence-corrected chi connectivity index (χ3v) is 1.32. The van der Waals surface area contributed by atoms with E-state index >= 15 is 0 Å². The van der Waals surface area contributed by atoms with E-state index < -0.39 is 0 Å². The minimum absolute atomic E-state index is 0. The zero-order valence-electron chi connectivity index (χ0n) is 8.57. The first-order valence-electron chi connectivity index (χ1n) is 4.63. The molecule has 0 aromatic heterocycles. The van der Waals surface area contributed by atoms with Crippen molar-refractivity contribution in [2.24, 2.45) is 11.8 Å². The van der Waals surface area contributed by atoms with Gasteiger partial charge in [-0.15, -0.1) is 0 Å². The van der Waals surface area contributed by atoms with Crippen LogP contribution < -0.4 is 0 Å². The molecule has 0 unspecified atom stereocenters. The molecule has 0 rings (SSSR count). The predicted molar refractivity (Wildman–Crippen MR) is 52.4 cm³/mol. The smallest absolute Gasteiger partial charge is 0 e. The molecule has 0 radical (unpaired) electrons. The van der Waals surface area contributed by atoms with E-state index in [2.05, 4.69) is 27.7 Å². The lowest BCUT2D eigenvalue weighted by Crippen LogP contribution is -1.91. The van der Waals surface area contributed by atoms with Gasteiger partial charge >= 0.3 is 0 Å². The maximum Gasteiger partial charge on any atom is 0 e. The largest absolute Gasteiger partial charge is 0.0683 e. The summed E-state index contributed by atoms with van der Waals surface area (Å²) in [6.07, 6.45) is 2.77. The molecular weight excluding hydrogens is 120 g/mol. The Morgan fingerprint density at radius 3 is 1.10 bits per heavy atom. The molecule has 0 aromatic carbocycles. The van der Waals surface area contributed by atoms with Crippen LogP contribution in [0.25, 0.3) is 0 Å². The molecule has 0 aromatic rings. The van der Waals surface area contributed by atoms with Gasteiger partial charge in [-0.25, -0.2) is 0 Å². The van der Waals surface area contributed by atoms with E-state index in [0.29, 0.717) is 0 Å². The molecule has 0 saturated carbocycles. The van der Waals surface area contributed by atoms with Crippen LogP contribution in [0.2, 0.25) is 0 Å². The zero-order chi connectivity index (χ0) is 8.57. The third kappa shape index (κ3) is 15.7. The quantitative estimate of drug-likeness (QED) is 0.558. The van der Waals surface area contributed by atoms with E-state index in [1.807, 2.05) is 13.8 Å². The van der Waals surface area contributed by atoms with Crippen molar-refractivity contribution in [1.29, 1.82) is 0 Å². The molecule has 0 heteroatoms. The average molecular weight is 148 g/mol. The molecule has 10 heavy (non-hydrogen) atoms. The Balaban J connectivity index is -0.000000196. The average Bonchev–Trinajstić information content (AvgIpc) is 1.89. The van der Waals surface area contributed by atoms with Crippen LogP contribution in [0.1, 0.15) is 55.8 Å². The normalized spacial score (nSPS) is 9.60. The first-order valence-corrected chi connectivity index (χ1v) is 4.63. The highest BCUT2D eigenvalue weighted by molar-refractivity contribution is 4.48. The molecule has 0 nitrogen and oxygen atoms in total. The van der Waals surface area contributed by atoms with Gasteiger partial charge in [0, 0.05) is 1.43 Å². The molecule has 0 spiro atoms. The fourth-order valence-corrected chi connectivity index (χ4v) is 0.667. The van der Waals surface area contributed by atoms with E-state index in [1.54, 1.807) is 0 Å². The summed E-state index contributed by atoms with van der Waals surface area (Å²) in [6.45, 7) is 13.1. The lowest BCUT2D eigenvalue weighted by molar-refractivity contribution is 0.476. The van der Waals surface area contributed by atoms with Crippen LogP contribution in [0.5, 0.6) is 0 Å². The maximum absolute atomic E-state index is 2.28. The lowest BCUT2D eigenvalue weighted by atomic mass is 10.0. The van der Waals surface area contributed by atoms with Crippen molar-refractivity contribution in [1.82, 2.24) is 0 Å². The van der Waals surface area contributed by atoms with Gasteiger partial charge in [-0.05, 0) is 11.8 Å². The van der Waals surface area contributed by atoms with Crippen molar-refractivity contribution in [3.63, 3.8) is 0 Å². The van der Waals surface area contributed by atoms with Gasteiger partial charge in [-0.1, -0.05) is 54.4 Å². The molecule has 0 saturated heterocycles. The van der Waals surface area contributed by atoms with E-state index in [9.17, 15) is 0 Å². The monoisotopic (exact) mass is 148 g/mol. The number of rotatable bonds is 3. The molecule has 0 heterocycles. The summed E-state index contributed by atoms with van der Waals surface area (Å²) in [5, 5.41) is 0. The SMILES string of the molecule is CC.CC(C)CCC(C)C.[3HH]. The molecule has 0 amide bonds. The molecule has 66 valence electrons. The molecular formula is C10H26. The van der Waals surface area contributed by atoms with Gasteiger partial charge in [-0.2, -0.15) is 0 Å². The van der Waals surface area contributed by atoms with Gasteiger partial charge in [0.1, 0.15) is 0 Å². The second-order valence-electron chi connectivity index (χ2n) is 3.37. The summed E-state index contributed by atoms with van der Waals surface area (Å²) < 4.78 is 0. The van der Waals surface area contributed by atoms with Crippen molar-refractivity contribution in [2.45, 2.75) is 54.4 Å². The van der Waals surface area contributed by atoms with Gasteiger partial charge in [0.05, 0.1) is 0 Å². The summed E-state index contributed by atoms with van der Waals surface area (Å²) in [5.74, 6) is 1.77. The Morgan fingerprint density at radius 1 is 0.800 bits per heavy atom. The molecule has 0 aliphatic heterocycles. The topological polar surface area (TPSA) is 0 Å². The highest BCUT2D eigenvalue weighted by Crippen LogP contribution is 2.09. The highest BCUT2D eigenvalue weighted by atomic mass is 14.0. The molecule has 0 N–H and O–H groups in total. The summed E-state index contributed by atoms with van der Waals surface area (Å²) in [7, 11) is 0. The van der Waals surface area contributed by atoms with Crippen LogP contribution >= 0.6 is 0 Å². The Morgan fingerprint density at radius 2 is 1.00 bits per heavy atom. The fraction of sp³-hybridized carbons (Fsp3) is 1.00. The van der Waals surface area contributed by atoms with Gasteiger partial charge < -0.3 is 0 Å². The van der Waals surface area contributed by atoms with Crippen molar-refractivity contribution in [3.05, 3.63) is 0 Å². The van der Waals surface area contributed by atoms with E-state index in [4.69, 9.17) is 0 Å². The van der Waals surface area contributed by atoms with E-state index in [-0.39, 0.29) is 1.43 Å². The van der Waals surface area contributed by atoms with Gasteiger partial charge in [-0.3, -0.25) is 0 Å². The van der Waals surface area contributed by atoms with Crippen LogP contribution in [0, 0.1) is 11.8 Å². The molecule has 0 bridgehead atoms. The van der Waals surface area contributed by atoms with Crippen molar-refractivity contribution >= 4 is 0 Å². The second kappa shape index (κ2) is 9.00. The van der Waals surface area contributed by atoms with E-state index in [0.717, 1.165) is 11.8 Å². The van der Waals surface area contributed by atoms with Crippen LogP contribution in [0.15, 0.2) is 0 Å². The predicted octanol–water partition coefficient (Wildman–Crippen LogP) is 4.35. The lowest BCUT2D eigenvalue weighted by Gasteiger charge is -2.05. The highest BCUT2D eigenvalue weighted by Gasteiger charge is 1.95. The fourth-order valence-electron chi connectivity index (χ4n) is 0.667. The number of hydrogen-bond donors (Lipinski definition) is 0. The Labute approximate surface area is 68.5 Å². The Bertz CT molecular complexity index is 40.8. The first kappa shape index (κ1) is 12.7. The van der Waals surface area contributed by atoms with Crippen LogP contribution in [-0.4, -0.2) is 0 Å². The van der Waals surface area contributed by atoms with Crippen LogP contribution in [-0.2, 0) is 0 Å². The summed E-state index contributed by atoms with van der Waals surface area (Å²) >= 11 is 0. The third-order valence-electron chi connectivity index (χ3n) is 1.32. The second-order valence-corrected chi connectivity index (χ2v) is 3.37. The van der Waals surface area contributed by atoms with Crippen molar-refractivity contribution in [2.75, 3.05) is 0 Å². The molecule has 0 fully saturated rings. The van der Waals surface area contributed by atoms with Gasteiger partial charge in [0.15, 0.2) is 0 Å². The van der Waals surface area contributed by atoms with Gasteiger partial charge in [0.2, 0.25) is 0 Å². The molecule has 0 aliphatic rings. The van der Waals surface area contributed by atoms with Crippen molar-refractivity contribution in [3.8, 4) is 0 Å². The van der Waals surface area contributed by atoms with Crippen LogP contribution in [0.3, 0.4) is 0 Å². The first-order chi connectivity index (χ1) is 4.63. The summed E-state index contributed by atoms with van der Waals surface area (Å²) in [5.41, 5.74) is 0. The van der Waals surface area contributed by atoms with Crippen LogP contribution in [0.4, 0.5) is 0 Å². The Hall–Kier alpha value is 0. The number of hydrogen-bond acceptors (Lipinski definition) is 0.